The van der Waals surface area contributed by atoms with Gasteiger partial charge < -0.3 is 24.4 Å². The van der Waals surface area contributed by atoms with E-state index in [2.05, 4.69) is 10.2 Å². The second-order valence-electron chi connectivity index (χ2n) is 7.26. The summed E-state index contributed by atoms with van der Waals surface area (Å²) in [5.74, 6) is 0.842. The zero-order valence-electron chi connectivity index (χ0n) is 17.6. The second-order valence-corrected chi connectivity index (χ2v) is 7.65. The first-order valence-corrected chi connectivity index (χ1v) is 10.6. The molecule has 1 saturated heterocycles. The molecule has 0 unspecified atom stereocenters. The zero-order chi connectivity index (χ0) is 21.5. The fourth-order valence-corrected chi connectivity index (χ4v) is 3.69. The Bertz CT molecular complexity index is 865. The van der Waals surface area contributed by atoms with Gasteiger partial charge in [-0.2, -0.15) is 0 Å². The van der Waals surface area contributed by atoms with Crippen molar-refractivity contribution in [1.82, 2.24) is 4.90 Å². The molecule has 1 N–H and O–H groups in total. The molecule has 0 bridgehead atoms. The molecule has 3 rings (SSSR count). The zero-order valence-corrected chi connectivity index (χ0v) is 18.4. The van der Waals surface area contributed by atoms with E-state index >= 15 is 0 Å². The molecule has 1 heterocycles. The number of carbonyl (C=O) groups excluding carboxylic acids is 1. The van der Waals surface area contributed by atoms with Crippen molar-refractivity contribution in [2.45, 2.75) is 33.0 Å². The summed E-state index contributed by atoms with van der Waals surface area (Å²) < 4.78 is 17.3. The van der Waals surface area contributed by atoms with E-state index in [1.165, 1.54) is 0 Å². The van der Waals surface area contributed by atoms with Crippen LogP contribution in [0.25, 0.3) is 0 Å². The van der Waals surface area contributed by atoms with Gasteiger partial charge in [0.05, 0.1) is 18.8 Å². The number of nitrogens with zero attached hydrogens (tertiary/aromatic N) is 1. The molecule has 2 atom stereocenters. The van der Waals surface area contributed by atoms with Gasteiger partial charge >= 0.3 is 0 Å². The van der Waals surface area contributed by atoms with Crippen molar-refractivity contribution in [1.29, 1.82) is 0 Å². The summed E-state index contributed by atoms with van der Waals surface area (Å²) in [4.78, 5) is 15.1. The number of nitrogens with one attached hydrogen (secondary N) is 1. The molecule has 1 fully saturated rings. The van der Waals surface area contributed by atoms with Gasteiger partial charge in [0.2, 0.25) is 0 Å². The quantitative estimate of drug-likeness (QED) is 0.676. The van der Waals surface area contributed by atoms with Crippen molar-refractivity contribution < 1.29 is 19.0 Å². The van der Waals surface area contributed by atoms with Crippen LogP contribution in [0.2, 0.25) is 0 Å². The van der Waals surface area contributed by atoms with Crippen LogP contribution in [0.15, 0.2) is 48.5 Å². The lowest BCUT2D eigenvalue weighted by molar-refractivity contribution is -0.118. The fourth-order valence-electron chi connectivity index (χ4n) is 3.42. The van der Waals surface area contributed by atoms with Crippen molar-refractivity contribution in [2.75, 3.05) is 31.6 Å². The van der Waals surface area contributed by atoms with E-state index in [1.807, 2.05) is 63.2 Å². The lowest BCUT2D eigenvalue weighted by Gasteiger charge is -2.37. The van der Waals surface area contributed by atoms with Crippen molar-refractivity contribution in [2.24, 2.45) is 0 Å². The number of carbonyl (C=O) groups is 1. The Morgan fingerprint density at radius 2 is 1.80 bits per heavy atom. The minimum absolute atomic E-state index is 0.114. The molecule has 1 aliphatic rings. The van der Waals surface area contributed by atoms with Gasteiger partial charge in [-0.1, -0.05) is 30.4 Å². The summed E-state index contributed by atoms with van der Waals surface area (Å²) in [5, 5.41) is 2.80. The Balaban J connectivity index is 1.67. The van der Waals surface area contributed by atoms with Crippen LogP contribution in [0.1, 0.15) is 26.3 Å². The van der Waals surface area contributed by atoms with Crippen LogP contribution in [-0.2, 0) is 9.53 Å². The highest BCUT2D eigenvalue weighted by Gasteiger charge is 2.25. The lowest BCUT2D eigenvalue weighted by atomic mass is 10.1. The van der Waals surface area contributed by atoms with Gasteiger partial charge in [0.15, 0.2) is 18.1 Å². The number of hydrogen-bond acceptors (Lipinski definition) is 5. The SMILES string of the molecule is CCOc1cc(C(=S)N2C[C@H](C)O[C@@H](C)C2)ccc1OCC(=O)Nc1ccccc1. The highest BCUT2D eigenvalue weighted by molar-refractivity contribution is 7.80. The average Bonchev–Trinajstić information content (AvgIpc) is 2.72. The van der Waals surface area contributed by atoms with E-state index < -0.39 is 0 Å². The van der Waals surface area contributed by atoms with Crippen LogP contribution in [0.3, 0.4) is 0 Å². The smallest absolute Gasteiger partial charge is 0.262 e. The molecule has 7 heteroatoms. The van der Waals surface area contributed by atoms with Gasteiger partial charge in [0.25, 0.3) is 5.91 Å². The maximum absolute atomic E-state index is 12.2. The van der Waals surface area contributed by atoms with Crippen LogP contribution < -0.4 is 14.8 Å². The van der Waals surface area contributed by atoms with Crippen LogP contribution in [0.5, 0.6) is 11.5 Å². The predicted molar refractivity (Wildman–Crippen MR) is 121 cm³/mol. The molecule has 1 amide bonds. The first kappa shape index (κ1) is 22.1. The first-order chi connectivity index (χ1) is 14.5. The van der Waals surface area contributed by atoms with Gasteiger partial charge in [-0.15, -0.1) is 0 Å². The van der Waals surface area contributed by atoms with Gasteiger partial charge in [-0.25, -0.2) is 0 Å². The third-order valence-electron chi connectivity index (χ3n) is 4.61. The first-order valence-electron chi connectivity index (χ1n) is 10.2. The van der Waals surface area contributed by atoms with Crippen molar-refractivity contribution in [3.05, 3.63) is 54.1 Å². The molecule has 2 aromatic carbocycles. The normalized spacial score (nSPS) is 18.6. The molecule has 0 saturated carbocycles. The Hall–Kier alpha value is -2.64. The Kier molecular flexibility index (Phi) is 7.65. The third-order valence-corrected chi connectivity index (χ3v) is 5.11. The molecule has 1 aliphatic heterocycles. The van der Waals surface area contributed by atoms with Crippen LogP contribution in [0, 0.1) is 0 Å². The second kappa shape index (κ2) is 10.4. The summed E-state index contributed by atoms with van der Waals surface area (Å²) in [6, 6.07) is 14.9. The lowest BCUT2D eigenvalue weighted by Crippen LogP contribution is -2.47. The number of para-hydroxylation sites is 1. The van der Waals surface area contributed by atoms with Gasteiger partial charge in [-0.3, -0.25) is 4.79 Å². The molecule has 6 nitrogen and oxygen atoms in total. The standard InChI is InChI=1S/C23H28N2O4S/c1-4-27-21-12-18(23(30)25-13-16(2)29-17(3)14-25)10-11-20(21)28-15-22(26)24-19-8-6-5-7-9-19/h5-12,16-17H,4,13-15H2,1-3H3,(H,24,26)/t16-,17-/m0/s1. The van der Waals surface area contributed by atoms with Crippen LogP contribution >= 0.6 is 12.2 Å². The number of anilines is 1. The molecular weight excluding hydrogens is 400 g/mol. The predicted octanol–water partition coefficient (Wildman–Crippen LogP) is 3.89. The molecule has 0 aliphatic carbocycles. The molecule has 0 spiro atoms. The van der Waals surface area contributed by atoms with E-state index in [9.17, 15) is 4.79 Å². The van der Waals surface area contributed by atoms with E-state index in [0.717, 1.165) is 29.3 Å². The minimum atomic E-state index is -0.237. The number of hydrogen-bond donors (Lipinski definition) is 1. The summed E-state index contributed by atoms with van der Waals surface area (Å²) in [5.41, 5.74) is 1.61. The van der Waals surface area contributed by atoms with Crippen LogP contribution in [-0.4, -0.2) is 54.3 Å². The van der Waals surface area contributed by atoms with Gasteiger partial charge in [0.1, 0.15) is 4.99 Å². The fraction of sp³-hybridized carbons (Fsp3) is 0.391. The number of rotatable bonds is 7. The van der Waals surface area contributed by atoms with Gasteiger partial charge in [-0.05, 0) is 51.1 Å². The summed E-state index contributed by atoms with van der Waals surface area (Å²) in [6.45, 7) is 7.88. The van der Waals surface area contributed by atoms with Crippen LogP contribution in [0.4, 0.5) is 5.69 Å². The number of benzene rings is 2. The molecule has 2 aromatic rings. The monoisotopic (exact) mass is 428 g/mol. The molecule has 0 radical (unpaired) electrons. The van der Waals surface area contributed by atoms with E-state index in [4.69, 9.17) is 26.4 Å². The van der Waals surface area contributed by atoms with Gasteiger partial charge in [0, 0.05) is 24.3 Å². The van der Waals surface area contributed by atoms with E-state index in [1.54, 1.807) is 6.07 Å². The number of morpholine rings is 1. The van der Waals surface area contributed by atoms with Crippen molar-refractivity contribution in [3.8, 4) is 11.5 Å². The summed E-state index contributed by atoms with van der Waals surface area (Å²) in [7, 11) is 0. The maximum Gasteiger partial charge on any atom is 0.262 e. The average molecular weight is 429 g/mol. The Morgan fingerprint density at radius 1 is 1.10 bits per heavy atom. The summed E-state index contributed by atoms with van der Waals surface area (Å²) in [6.07, 6.45) is 0.257. The molecule has 0 aromatic heterocycles. The summed E-state index contributed by atoms with van der Waals surface area (Å²) >= 11 is 5.72. The number of thiocarbonyl (C=S) groups is 1. The molecule has 160 valence electrons. The Labute approximate surface area is 183 Å². The largest absolute Gasteiger partial charge is 0.490 e. The topological polar surface area (TPSA) is 60.0 Å². The highest BCUT2D eigenvalue weighted by atomic mass is 32.1. The minimum Gasteiger partial charge on any atom is -0.490 e. The van der Waals surface area contributed by atoms with Crippen molar-refractivity contribution in [3.63, 3.8) is 0 Å². The van der Waals surface area contributed by atoms with Crippen molar-refractivity contribution >= 4 is 28.8 Å². The Morgan fingerprint density at radius 3 is 2.47 bits per heavy atom. The highest BCUT2D eigenvalue weighted by Crippen LogP contribution is 2.30. The van der Waals surface area contributed by atoms with E-state index in [-0.39, 0.29) is 24.7 Å². The number of amides is 1. The third kappa shape index (κ3) is 5.93. The maximum atomic E-state index is 12.2. The number of ether oxygens (including phenoxy) is 3. The van der Waals surface area contributed by atoms with E-state index in [0.29, 0.717) is 18.1 Å². The molecular formula is C23H28N2O4S. The molecule has 30 heavy (non-hydrogen) atoms.